The zero-order valence-corrected chi connectivity index (χ0v) is 12.3. The second-order valence-electron chi connectivity index (χ2n) is 5.16. The minimum atomic E-state index is -0.702. The minimum absolute atomic E-state index is 0.00347. The number of carbonyl (C=O) groups excluding carboxylic acids is 3. The molecule has 1 aromatic carbocycles. The highest BCUT2D eigenvalue weighted by molar-refractivity contribution is 5.86. The SMILES string of the molecule is O=C(/C=C1\CN2C(=O)CC2O1)OCC(=O)OCc1ccccc1. The lowest BCUT2D eigenvalue weighted by molar-refractivity contribution is -0.157. The van der Waals surface area contributed by atoms with Crippen molar-refractivity contribution in [2.45, 2.75) is 19.3 Å². The van der Waals surface area contributed by atoms with Gasteiger partial charge in [-0.2, -0.15) is 0 Å². The van der Waals surface area contributed by atoms with Crippen LogP contribution in [0.2, 0.25) is 0 Å². The molecule has 0 aliphatic carbocycles. The smallest absolute Gasteiger partial charge is 0.344 e. The number of benzene rings is 1. The molecule has 120 valence electrons. The Morgan fingerprint density at radius 3 is 2.74 bits per heavy atom. The van der Waals surface area contributed by atoms with Gasteiger partial charge in [0.25, 0.3) is 0 Å². The van der Waals surface area contributed by atoms with Crippen LogP contribution < -0.4 is 0 Å². The van der Waals surface area contributed by atoms with Gasteiger partial charge in [-0.05, 0) is 5.56 Å². The highest BCUT2D eigenvalue weighted by Crippen LogP contribution is 2.30. The van der Waals surface area contributed by atoms with Gasteiger partial charge < -0.3 is 14.2 Å². The maximum absolute atomic E-state index is 11.6. The van der Waals surface area contributed by atoms with Crippen LogP contribution in [0, 0.1) is 0 Å². The molecule has 23 heavy (non-hydrogen) atoms. The van der Waals surface area contributed by atoms with E-state index in [4.69, 9.17) is 14.2 Å². The van der Waals surface area contributed by atoms with Crippen molar-refractivity contribution < 1.29 is 28.6 Å². The third-order valence-electron chi connectivity index (χ3n) is 3.48. The number of nitrogens with zero attached hydrogens (tertiary/aromatic N) is 1. The van der Waals surface area contributed by atoms with E-state index in [0.717, 1.165) is 11.6 Å². The molecule has 0 N–H and O–H groups in total. The minimum Gasteiger partial charge on any atom is -0.472 e. The van der Waals surface area contributed by atoms with Crippen molar-refractivity contribution in [3.05, 3.63) is 47.7 Å². The number of hydrogen-bond donors (Lipinski definition) is 0. The predicted octanol–water partition coefficient (Wildman–Crippen LogP) is 0.745. The maximum Gasteiger partial charge on any atom is 0.344 e. The van der Waals surface area contributed by atoms with Gasteiger partial charge in [-0.25, -0.2) is 9.59 Å². The molecule has 2 aliphatic heterocycles. The third kappa shape index (κ3) is 3.68. The number of hydrogen-bond acceptors (Lipinski definition) is 6. The number of carbonyl (C=O) groups is 3. The fraction of sp³-hybridized carbons (Fsp3) is 0.312. The fourth-order valence-electron chi connectivity index (χ4n) is 2.26. The Balaban J connectivity index is 1.39. The summed E-state index contributed by atoms with van der Waals surface area (Å²) in [4.78, 5) is 35.8. The van der Waals surface area contributed by atoms with Crippen LogP contribution in [0.15, 0.2) is 42.2 Å². The molecule has 1 atom stereocenters. The molecular weight excluding hydrogens is 302 g/mol. The van der Waals surface area contributed by atoms with E-state index >= 15 is 0 Å². The monoisotopic (exact) mass is 317 g/mol. The Kier molecular flexibility index (Phi) is 4.27. The van der Waals surface area contributed by atoms with Crippen LogP contribution in [0.25, 0.3) is 0 Å². The molecule has 1 amide bonds. The second-order valence-corrected chi connectivity index (χ2v) is 5.16. The fourth-order valence-corrected chi connectivity index (χ4v) is 2.26. The third-order valence-corrected chi connectivity index (χ3v) is 3.48. The molecule has 1 unspecified atom stereocenters. The summed E-state index contributed by atoms with van der Waals surface area (Å²) in [5.41, 5.74) is 0.850. The van der Waals surface area contributed by atoms with Crippen LogP contribution >= 0.6 is 0 Å². The number of ether oxygens (including phenoxy) is 3. The topological polar surface area (TPSA) is 82.1 Å². The molecule has 2 fully saturated rings. The number of β-lactam (4-membered cyclic amide) rings is 1. The Morgan fingerprint density at radius 1 is 1.26 bits per heavy atom. The van der Waals surface area contributed by atoms with Crippen LogP contribution in [0.1, 0.15) is 12.0 Å². The summed E-state index contributed by atoms with van der Waals surface area (Å²) < 4.78 is 15.1. The first-order chi connectivity index (χ1) is 11.1. The van der Waals surface area contributed by atoms with Gasteiger partial charge in [0, 0.05) is 0 Å². The molecule has 2 aliphatic rings. The van der Waals surface area contributed by atoms with Gasteiger partial charge in [0.05, 0.1) is 19.0 Å². The van der Waals surface area contributed by atoms with Gasteiger partial charge in [-0.15, -0.1) is 0 Å². The highest BCUT2D eigenvalue weighted by Gasteiger charge is 2.43. The van der Waals surface area contributed by atoms with Gasteiger partial charge in [-0.3, -0.25) is 9.69 Å². The molecule has 2 saturated heterocycles. The van der Waals surface area contributed by atoms with Gasteiger partial charge in [-0.1, -0.05) is 30.3 Å². The summed E-state index contributed by atoms with van der Waals surface area (Å²) in [5.74, 6) is -0.974. The second kappa shape index (κ2) is 6.51. The van der Waals surface area contributed by atoms with Crippen LogP contribution in [-0.2, 0) is 35.2 Å². The summed E-state index contributed by atoms with van der Waals surface area (Å²) in [6.07, 6.45) is 1.21. The average Bonchev–Trinajstić information content (AvgIpc) is 2.88. The van der Waals surface area contributed by atoms with Crippen molar-refractivity contribution in [2.24, 2.45) is 0 Å². The lowest BCUT2D eigenvalue weighted by atomic mass is 10.2. The molecule has 1 aromatic rings. The molecular formula is C16H15NO6. The molecule has 0 radical (unpaired) electrons. The Bertz CT molecular complexity index is 654. The molecule has 2 heterocycles. The van der Waals surface area contributed by atoms with E-state index < -0.39 is 18.5 Å². The molecule has 0 bridgehead atoms. The van der Waals surface area contributed by atoms with Crippen LogP contribution in [0.4, 0.5) is 0 Å². The highest BCUT2D eigenvalue weighted by atomic mass is 16.6. The van der Waals surface area contributed by atoms with E-state index in [1.807, 2.05) is 30.3 Å². The summed E-state index contributed by atoms with van der Waals surface area (Å²) >= 11 is 0. The molecule has 3 rings (SSSR count). The first-order valence-electron chi connectivity index (χ1n) is 7.15. The van der Waals surface area contributed by atoms with E-state index in [-0.39, 0.29) is 25.3 Å². The lowest BCUT2D eigenvalue weighted by Gasteiger charge is -2.30. The van der Waals surface area contributed by atoms with Crippen molar-refractivity contribution in [2.75, 3.05) is 13.2 Å². The Labute approximate surface area is 132 Å². The van der Waals surface area contributed by atoms with E-state index in [1.165, 1.54) is 4.90 Å². The number of esters is 2. The Hall–Kier alpha value is -2.83. The molecule has 7 nitrogen and oxygen atoms in total. The van der Waals surface area contributed by atoms with E-state index in [2.05, 4.69) is 0 Å². The predicted molar refractivity (Wildman–Crippen MR) is 76.5 cm³/mol. The molecule has 0 aromatic heterocycles. The molecule has 0 spiro atoms. The summed E-state index contributed by atoms with van der Waals surface area (Å²) in [6.45, 7) is -0.0846. The summed E-state index contributed by atoms with van der Waals surface area (Å²) in [6, 6.07) is 9.19. The van der Waals surface area contributed by atoms with Crippen molar-refractivity contribution in [1.82, 2.24) is 4.90 Å². The summed E-state index contributed by atoms with van der Waals surface area (Å²) in [7, 11) is 0. The van der Waals surface area contributed by atoms with Crippen molar-refractivity contribution in [1.29, 1.82) is 0 Å². The normalized spacial score (nSPS) is 20.5. The van der Waals surface area contributed by atoms with Crippen molar-refractivity contribution >= 4 is 17.8 Å². The van der Waals surface area contributed by atoms with Crippen LogP contribution in [0.5, 0.6) is 0 Å². The lowest BCUT2D eigenvalue weighted by Crippen LogP contribution is -2.48. The van der Waals surface area contributed by atoms with E-state index in [1.54, 1.807) is 0 Å². The molecule has 0 saturated carbocycles. The first kappa shape index (κ1) is 15.1. The zero-order chi connectivity index (χ0) is 16.2. The zero-order valence-electron chi connectivity index (χ0n) is 12.3. The van der Waals surface area contributed by atoms with Gasteiger partial charge >= 0.3 is 11.9 Å². The summed E-state index contributed by atoms with van der Waals surface area (Å²) in [5, 5.41) is 0. The van der Waals surface area contributed by atoms with Gasteiger partial charge in [0.1, 0.15) is 12.4 Å². The van der Waals surface area contributed by atoms with Crippen molar-refractivity contribution in [3.8, 4) is 0 Å². The standard InChI is InChI=1S/C16H15NO6/c18-13-7-14-17(13)8-12(23-14)6-15(19)22-10-16(20)21-9-11-4-2-1-3-5-11/h1-6,14H,7-10H2/b12-6+. The van der Waals surface area contributed by atoms with E-state index in [9.17, 15) is 14.4 Å². The maximum atomic E-state index is 11.6. The first-order valence-corrected chi connectivity index (χ1v) is 7.15. The van der Waals surface area contributed by atoms with E-state index in [0.29, 0.717) is 12.2 Å². The van der Waals surface area contributed by atoms with Crippen LogP contribution in [0.3, 0.4) is 0 Å². The largest absolute Gasteiger partial charge is 0.472 e. The average molecular weight is 317 g/mol. The van der Waals surface area contributed by atoms with Crippen LogP contribution in [-0.4, -0.2) is 42.1 Å². The number of fused-ring (bicyclic) bond motifs is 1. The van der Waals surface area contributed by atoms with Gasteiger partial charge in [0.2, 0.25) is 5.91 Å². The Morgan fingerprint density at radius 2 is 2.04 bits per heavy atom. The van der Waals surface area contributed by atoms with Gasteiger partial charge in [0.15, 0.2) is 12.8 Å². The number of amides is 1. The number of rotatable bonds is 5. The van der Waals surface area contributed by atoms with Crippen molar-refractivity contribution in [3.63, 3.8) is 0 Å². The quantitative estimate of drug-likeness (QED) is 0.453. The molecule has 7 heteroatoms.